The van der Waals surface area contributed by atoms with E-state index in [1.807, 2.05) is 42.5 Å². The first-order valence-corrected chi connectivity index (χ1v) is 9.78. The molecule has 2 aromatic carbocycles. The van der Waals surface area contributed by atoms with Crippen LogP contribution in [0.15, 0.2) is 54.6 Å². The lowest BCUT2D eigenvalue weighted by Gasteiger charge is -2.12. The summed E-state index contributed by atoms with van der Waals surface area (Å²) < 4.78 is 11.3. The standard InChI is InChI=1S/C21H21ClN2O3S/c22-19-6-2-1-4-15(19)7-12-20(25)24-21(28)23-16-8-10-17(11-9-16)27-14-18-5-3-13-26-18/h1-2,4,6-12,18H,3,5,13-14H2,(H2,23,24,25,28)/b12-7+. The Kier molecular flexibility index (Phi) is 7.42. The van der Waals surface area contributed by atoms with E-state index in [0.717, 1.165) is 36.4 Å². The number of anilines is 1. The molecule has 3 rings (SSSR count). The van der Waals surface area contributed by atoms with Crippen LogP contribution in [0.1, 0.15) is 18.4 Å². The molecule has 1 atom stereocenters. The largest absolute Gasteiger partial charge is 0.491 e. The zero-order valence-electron chi connectivity index (χ0n) is 15.2. The molecule has 1 fully saturated rings. The van der Waals surface area contributed by atoms with Gasteiger partial charge in [-0.3, -0.25) is 10.1 Å². The maximum absolute atomic E-state index is 12.0. The number of carbonyl (C=O) groups is 1. The van der Waals surface area contributed by atoms with Crippen molar-refractivity contribution in [2.75, 3.05) is 18.5 Å². The van der Waals surface area contributed by atoms with Crippen LogP contribution in [0.2, 0.25) is 5.02 Å². The van der Waals surface area contributed by atoms with Crippen LogP contribution in [0.4, 0.5) is 5.69 Å². The Morgan fingerprint density at radius 1 is 1.25 bits per heavy atom. The van der Waals surface area contributed by atoms with Crippen molar-refractivity contribution in [2.24, 2.45) is 0 Å². The van der Waals surface area contributed by atoms with Gasteiger partial charge in [0.15, 0.2) is 5.11 Å². The average molecular weight is 417 g/mol. The van der Waals surface area contributed by atoms with Gasteiger partial charge >= 0.3 is 0 Å². The Morgan fingerprint density at radius 3 is 2.75 bits per heavy atom. The molecule has 2 aromatic rings. The van der Waals surface area contributed by atoms with E-state index < -0.39 is 0 Å². The highest BCUT2D eigenvalue weighted by Crippen LogP contribution is 2.19. The summed E-state index contributed by atoms with van der Waals surface area (Å²) in [7, 11) is 0. The minimum Gasteiger partial charge on any atom is -0.491 e. The van der Waals surface area contributed by atoms with Gasteiger partial charge in [0, 0.05) is 23.4 Å². The summed E-state index contributed by atoms with van der Waals surface area (Å²) in [5.74, 6) is 0.424. The Labute approximate surface area is 174 Å². The van der Waals surface area contributed by atoms with Gasteiger partial charge in [0.05, 0.1) is 6.10 Å². The molecule has 0 bridgehead atoms. The van der Waals surface area contributed by atoms with Crippen LogP contribution in [-0.2, 0) is 9.53 Å². The molecule has 0 saturated carbocycles. The van der Waals surface area contributed by atoms with Crippen LogP contribution in [0.5, 0.6) is 5.75 Å². The Hall–Kier alpha value is -2.41. The van der Waals surface area contributed by atoms with Gasteiger partial charge in [0.25, 0.3) is 0 Å². The van der Waals surface area contributed by atoms with Crippen molar-refractivity contribution in [2.45, 2.75) is 18.9 Å². The molecule has 1 heterocycles. The number of halogens is 1. The Morgan fingerprint density at radius 2 is 2.04 bits per heavy atom. The van der Waals surface area contributed by atoms with Gasteiger partial charge in [-0.2, -0.15) is 0 Å². The highest BCUT2D eigenvalue weighted by molar-refractivity contribution is 7.80. The molecule has 146 valence electrons. The van der Waals surface area contributed by atoms with Crippen molar-refractivity contribution in [3.63, 3.8) is 0 Å². The predicted molar refractivity (Wildman–Crippen MR) is 116 cm³/mol. The lowest BCUT2D eigenvalue weighted by atomic mass is 10.2. The Balaban J connectivity index is 1.44. The summed E-state index contributed by atoms with van der Waals surface area (Å²) in [6, 6.07) is 14.6. The van der Waals surface area contributed by atoms with Crippen LogP contribution < -0.4 is 15.4 Å². The monoisotopic (exact) mass is 416 g/mol. The summed E-state index contributed by atoms with van der Waals surface area (Å²) in [4.78, 5) is 12.0. The third-order valence-electron chi connectivity index (χ3n) is 4.13. The molecule has 1 amide bonds. The highest BCUT2D eigenvalue weighted by Gasteiger charge is 2.15. The normalized spacial score (nSPS) is 16.1. The van der Waals surface area contributed by atoms with Gasteiger partial charge in [-0.15, -0.1) is 0 Å². The summed E-state index contributed by atoms with van der Waals surface area (Å²) in [6.45, 7) is 1.37. The van der Waals surface area contributed by atoms with Crippen LogP contribution in [0.25, 0.3) is 6.08 Å². The van der Waals surface area contributed by atoms with E-state index in [2.05, 4.69) is 10.6 Å². The van der Waals surface area contributed by atoms with Gasteiger partial charge in [-0.1, -0.05) is 29.8 Å². The fourth-order valence-corrected chi connectivity index (χ4v) is 3.11. The first-order chi connectivity index (χ1) is 13.6. The minimum absolute atomic E-state index is 0.180. The number of ether oxygens (including phenoxy) is 2. The van der Waals surface area contributed by atoms with E-state index in [1.165, 1.54) is 6.08 Å². The maximum Gasteiger partial charge on any atom is 0.250 e. The first kappa shape index (κ1) is 20.3. The van der Waals surface area contributed by atoms with E-state index >= 15 is 0 Å². The number of rotatable bonds is 6. The van der Waals surface area contributed by atoms with Crippen molar-refractivity contribution in [3.8, 4) is 5.75 Å². The molecule has 7 heteroatoms. The number of benzene rings is 2. The molecule has 1 saturated heterocycles. The lowest BCUT2D eigenvalue weighted by Crippen LogP contribution is -2.32. The van der Waals surface area contributed by atoms with E-state index in [0.29, 0.717) is 11.6 Å². The SMILES string of the molecule is O=C(/C=C/c1ccccc1Cl)NC(=S)Nc1ccc(OCC2CCCO2)cc1. The van der Waals surface area contributed by atoms with Crippen molar-refractivity contribution in [1.82, 2.24) is 5.32 Å². The van der Waals surface area contributed by atoms with Gasteiger partial charge in [-0.25, -0.2) is 0 Å². The second-order valence-corrected chi connectivity index (χ2v) is 7.08. The molecule has 1 aliphatic heterocycles. The van der Waals surface area contributed by atoms with Crippen molar-refractivity contribution in [1.29, 1.82) is 0 Å². The van der Waals surface area contributed by atoms with Crippen LogP contribution in [-0.4, -0.2) is 30.3 Å². The number of hydrogen-bond donors (Lipinski definition) is 2. The van der Waals surface area contributed by atoms with Crippen LogP contribution >= 0.6 is 23.8 Å². The van der Waals surface area contributed by atoms with Crippen LogP contribution in [0, 0.1) is 0 Å². The summed E-state index contributed by atoms with van der Waals surface area (Å²) in [5, 5.41) is 6.35. The predicted octanol–water partition coefficient (Wildman–Crippen LogP) is 4.42. The van der Waals surface area contributed by atoms with Crippen LogP contribution in [0.3, 0.4) is 0 Å². The molecule has 2 N–H and O–H groups in total. The molecule has 0 spiro atoms. The highest BCUT2D eigenvalue weighted by atomic mass is 35.5. The van der Waals surface area contributed by atoms with Gasteiger partial charge < -0.3 is 14.8 Å². The fourth-order valence-electron chi connectivity index (χ4n) is 2.69. The van der Waals surface area contributed by atoms with Crippen molar-refractivity contribution < 1.29 is 14.3 Å². The zero-order chi connectivity index (χ0) is 19.8. The molecular weight excluding hydrogens is 396 g/mol. The van der Waals surface area contributed by atoms with E-state index in [9.17, 15) is 4.79 Å². The zero-order valence-corrected chi connectivity index (χ0v) is 16.8. The summed E-state index contributed by atoms with van der Waals surface area (Å²) in [5.41, 5.74) is 1.52. The molecular formula is C21H21ClN2O3S. The maximum atomic E-state index is 12.0. The number of thiocarbonyl (C=S) groups is 1. The quantitative estimate of drug-likeness (QED) is 0.539. The molecule has 0 radical (unpaired) electrons. The van der Waals surface area contributed by atoms with Crippen molar-refractivity contribution in [3.05, 3.63) is 65.2 Å². The third-order valence-corrected chi connectivity index (χ3v) is 4.68. The summed E-state index contributed by atoms with van der Waals surface area (Å²) >= 11 is 11.2. The average Bonchev–Trinajstić information content (AvgIpc) is 3.20. The van der Waals surface area contributed by atoms with Gasteiger partial charge in [-0.05, 0) is 67.0 Å². The molecule has 1 unspecified atom stereocenters. The van der Waals surface area contributed by atoms with Gasteiger partial charge in [0.2, 0.25) is 5.91 Å². The molecule has 0 aromatic heterocycles. The molecule has 0 aliphatic carbocycles. The second kappa shape index (κ2) is 10.2. The first-order valence-electron chi connectivity index (χ1n) is 8.99. The molecule has 5 nitrogen and oxygen atoms in total. The fraction of sp³-hybridized carbons (Fsp3) is 0.238. The number of carbonyl (C=O) groups excluding carboxylic acids is 1. The second-order valence-electron chi connectivity index (χ2n) is 6.27. The smallest absolute Gasteiger partial charge is 0.250 e. The molecule has 28 heavy (non-hydrogen) atoms. The van der Waals surface area contributed by atoms with E-state index in [4.69, 9.17) is 33.3 Å². The topological polar surface area (TPSA) is 59.6 Å². The Bertz CT molecular complexity index is 849. The molecule has 1 aliphatic rings. The summed E-state index contributed by atoms with van der Waals surface area (Å²) in [6.07, 6.45) is 5.34. The van der Waals surface area contributed by atoms with E-state index in [1.54, 1.807) is 12.1 Å². The third kappa shape index (κ3) is 6.34. The minimum atomic E-state index is -0.339. The van der Waals surface area contributed by atoms with Crippen molar-refractivity contribution >= 4 is 46.6 Å². The number of hydrogen-bond acceptors (Lipinski definition) is 4. The lowest BCUT2D eigenvalue weighted by molar-refractivity contribution is -0.115. The number of nitrogens with one attached hydrogen (secondary N) is 2. The van der Waals surface area contributed by atoms with E-state index in [-0.39, 0.29) is 17.1 Å². The number of amides is 1. The van der Waals surface area contributed by atoms with Gasteiger partial charge in [0.1, 0.15) is 12.4 Å².